The third-order valence-electron chi connectivity index (χ3n) is 6.61. The van der Waals surface area contributed by atoms with E-state index in [9.17, 15) is 18.8 Å². The Balaban J connectivity index is 1.84. The highest BCUT2D eigenvalue weighted by atomic mass is 19.1. The number of rotatable bonds is 15. The van der Waals surface area contributed by atoms with Crippen LogP contribution in [-0.2, 0) is 17.7 Å². The van der Waals surface area contributed by atoms with Gasteiger partial charge in [-0.1, -0.05) is 56.3 Å². The van der Waals surface area contributed by atoms with Crippen molar-refractivity contribution < 1.29 is 23.5 Å². The molecule has 3 rings (SSSR count). The molecule has 0 spiro atoms. The second kappa shape index (κ2) is 15.6. The molecule has 2 amide bonds. The maximum absolute atomic E-state index is 13.4. The van der Waals surface area contributed by atoms with E-state index in [-0.39, 0.29) is 35.0 Å². The highest BCUT2D eigenvalue weighted by Gasteiger charge is 2.25. The molecule has 41 heavy (non-hydrogen) atoms. The van der Waals surface area contributed by atoms with E-state index >= 15 is 0 Å². The molecule has 9 heteroatoms. The summed E-state index contributed by atoms with van der Waals surface area (Å²) >= 11 is 0. The quantitative estimate of drug-likeness (QED) is 0.240. The maximum Gasteiger partial charge on any atom is 0.338 e. The van der Waals surface area contributed by atoms with Gasteiger partial charge in [-0.2, -0.15) is 0 Å². The smallest absolute Gasteiger partial charge is 0.338 e. The molecule has 0 fully saturated rings. The van der Waals surface area contributed by atoms with Crippen molar-refractivity contribution >= 4 is 17.8 Å². The van der Waals surface area contributed by atoms with Crippen LogP contribution in [0.4, 0.5) is 4.39 Å². The topological polar surface area (TPSA) is 128 Å². The lowest BCUT2D eigenvalue weighted by molar-refractivity contribution is 0.0238. The number of halogens is 1. The Bertz CT molecular complexity index is 1290. The lowest BCUT2D eigenvalue weighted by Gasteiger charge is -2.25. The minimum absolute atomic E-state index is 0.0274. The molecule has 3 aromatic rings. The van der Waals surface area contributed by atoms with Crippen LogP contribution in [-0.4, -0.2) is 54.5 Å². The van der Waals surface area contributed by atoms with E-state index in [1.807, 2.05) is 44.2 Å². The number of nitrogens with zero attached hydrogens (tertiary/aromatic N) is 1. The molecule has 0 aliphatic heterocycles. The summed E-state index contributed by atoms with van der Waals surface area (Å²) in [6, 6.07) is 19.2. The zero-order chi connectivity index (χ0) is 29.8. The van der Waals surface area contributed by atoms with Crippen LogP contribution in [0.25, 0.3) is 0 Å². The van der Waals surface area contributed by atoms with Crippen molar-refractivity contribution in [2.24, 2.45) is 11.5 Å². The molecular formula is C32H39FN4O4. The molecular weight excluding hydrogens is 523 g/mol. The molecule has 0 bridgehead atoms. The molecule has 0 saturated heterocycles. The lowest BCUT2D eigenvalue weighted by Crippen LogP contribution is -2.46. The van der Waals surface area contributed by atoms with Crippen molar-refractivity contribution in [3.8, 4) is 0 Å². The van der Waals surface area contributed by atoms with E-state index in [1.54, 1.807) is 17.0 Å². The van der Waals surface area contributed by atoms with Gasteiger partial charge in [-0.3, -0.25) is 9.59 Å². The Hall–Kier alpha value is -4.08. The van der Waals surface area contributed by atoms with Gasteiger partial charge in [-0.05, 0) is 60.7 Å². The number of esters is 1. The first-order chi connectivity index (χ1) is 19.7. The molecule has 0 aromatic heterocycles. The second-order valence-corrected chi connectivity index (χ2v) is 10.0. The molecule has 3 aromatic carbocycles. The van der Waals surface area contributed by atoms with Crippen molar-refractivity contribution in [1.29, 1.82) is 0 Å². The van der Waals surface area contributed by atoms with Gasteiger partial charge in [-0.25, -0.2) is 9.18 Å². The van der Waals surface area contributed by atoms with Crippen LogP contribution in [0.1, 0.15) is 68.9 Å². The molecule has 5 N–H and O–H groups in total. The predicted octanol–water partition coefficient (Wildman–Crippen LogP) is 4.07. The molecule has 218 valence electrons. The van der Waals surface area contributed by atoms with Gasteiger partial charge in [-0.15, -0.1) is 0 Å². The van der Waals surface area contributed by atoms with E-state index in [2.05, 4.69) is 5.32 Å². The van der Waals surface area contributed by atoms with Gasteiger partial charge in [0.1, 0.15) is 11.9 Å². The molecule has 2 atom stereocenters. The number of hydrogen-bond acceptors (Lipinski definition) is 6. The molecule has 0 radical (unpaired) electrons. The van der Waals surface area contributed by atoms with Crippen molar-refractivity contribution in [3.63, 3.8) is 0 Å². The zero-order valence-electron chi connectivity index (χ0n) is 23.6. The fourth-order valence-corrected chi connectivity index (χ4v) is 4.51. The van der Waals surface area contributed by atoms with Gasteiger partial charge >= 0.3 is 5.97 Å². The average molecular weight is 563 g/mol. The molecule has 0 unspecified atom stereocenters. The number of carbonyl (C=O) groups excluding carboxylic acids is 3. The van der Waals surface area contributed by atoms with E-state index in [4.69, 9.17) is 16.2 Å². The third kappa shape index (κ3) is 9.51. The van der Waals surface area contributed by atoms with Crippen LogP contribution in [0.3, 0.4) is 0 Å². The van der Waals surface area contributed by atoms with Crippen LogP contribution < -0.4 is 16.8 Å². The number of primary amides is 1. The van der Waals surface area contributed by atoms with Crippen LogP contribution in [0.15, 0.2) is 72.8 Å². The summed E-state index contributed by atoms with van der Waals surface area (Å²) in [5.74, 6) is -2.15. The minimum atomic E-state index is -0.774. The van der Waals surface area contributed by atoms with Crippen molar-refractivity contribution in [1.82, 2.24) is 10.2 Å². The third-order valence-corrected chi connectivity index (χ3v) is 6.61. The SMILES string of the molecule is CCCN(CCC)C(=O)c1cc(C(N)=O)cc(C(=O)O[C@H](CNCc2ccccc2)[C@@H](N)Cc2ccc(F)cc2)c1. The Morgan fingerprint density at radius 1 is 0.878 bits per heavy atom. The summed E-state index contributed by atoms with van der Waals surface area (Å²) in [6.07, 6.45) is 1.09. The van der Waals surface area contributed by atoms with Crippen molar-refractivity contribution in [2.45, 2.75) is 51.8 Å². The minimum Gasteiger partial charge on any atom is -0.456 e. The predicted molar refractivity (Wildman–Crippen MR) is 157 cm³/mol. The standard InChI is InChI=1S/C32H39FN4O4/c1-3-14-37(15-4-2)31(39)25-17-24(30(35)38)18-26(19-25)32(40)41-29(21-36-20-23-8-6-5-7-9-23)28(34)16-22-10-12-27(33)13-11-22/h5-13,17-19,28-29,36H,3-4,14-16,20-21,34H2,1-2H3,(H2,35,38)/t28-,29+/m0/s1. The van der Waals surface area contributed by atoms with Gasteiger partial charge in [0.15, 0.2) is 0 Å². The Kier molecular flexibility index (Phi) is 12.0. The fourth-order valence-electron chi connectivity index (χ4n) is 4.51. The zero-order valence-corrected chi connectivity index (χ0v) is 23.6. The summed E-state index contributed by atoms with van der Waals surface area (Å²) in [5, 5.41) is 3.28. The Labute approximate surface area is 240 Å². The van der Waals surface area contributed by atoms with Gasteiger partial charge in [0.2, 0.25) is 5.91 Å². The van der Waals surface area contributed by atoms with Crippen molar-refractivity contribution in [3.05, 3.63) is 106 Å². The lowest BCUT2D eigenvalue weighted by atomic mass is 10.0. The maximum atomic E-state index is 13.4. The first-order valence-electron chi connectivity index (χ1n) is 13.9. The fraction of sp³-hybridized carbons (Fsp3) is 0.344. The number of nitrogens with one attached hydrogen (secondary N) is 1. The van der Waals surface area contributed by atoms with E-state index in [0.29, 0.717) is 26.1 Å². The largest absolute Gasteiger partial charge is 0.456 e. The highest BCUT2D eigenvalue weighted by Crippen LogP contribution is 2.17. The molecule has 0 aliphatic rings. The number of nitrogens with two attached hydrogens (primary N) is 2. The normalized spacial score (nSPS) is 12.4. The van der Waals surface area contributed by atoms with Crippen LogP contribution in [0.2, 0.25) is 0 Å². The van der Waals surface area contributed by atoms with E-state index in [0.717, 1.165) is 24.0 Å². The molecule has 0 aliphatic carbocycles. The van der Waals surface area contributed by atoms with Gasteiger partial charge in [0, 0.05) is 43.3 Å². The summed E-state index contributed by atoms with van der Waals surface area (Å²) in [4.78, 5) is 40.5. The molecule has 0 saturated carbocycles. The summed E-state index contributed by atoms with van der Waals surface area (Å²) < 4.78 is 19.3. The summed E-state index contributed by atoms with van der Waals surface area (Å²) in [6.45, 7) is 5.80. The van der Waals surface area contributed by atoms with Gasteiger partial charge < -0.3 is 26.4 Å². The monoisotopic (exact) mass is 562 g/mol. The number of amides is 2. The number of benzene rings is 3. The van der Waals surface area contributed by atoms with Gasteiger partial charge in [0.05, 0.1) is 5.56 Å². The molecule has 8 nitrogen and oxygen atoms in total. The van der Waals surface area contributed by atoms with E-state index in [1.165, 1.54) is 30.3 Å². The summed E-state index contributed by atoms with van der Waals surface area (Å²) in [5.41, 5.74) is 14.1. The van der Waals surface area contributed by atoms with Crippen LogP contribution in [0.5, 0.6) is 0 Å². The number of carbonyl (C=O) groups is 3. The van der Waals surface area contributed by atoms with Crippen LogP contribution >= 0.6 is 0 Å². The van der Waals surface area contributed by atoms with Gasteiger partial charge in [0.25, 0.3) is 5.91 Å². The first kappa shape index (κ1) is 31.4. The van der Waals surface area contributed by atoms with Crippen LogP contribution in [0, 0.1) is 5.82 Å². The first-order valence-corrected chi connectivity index (χ1v) is 13.9. The Morgan fingerprint density at radius 3 is 2.10 bits per heavy atom. The highest BCUT2D eigenvalue weighted by molar-refractivity contribution is 6.03. The van der Waals surface area contributed by atoms with Crippen molar-refractivity contribution in [2.75, 3.05) is 19.6 Å². The second-order valence-electron chi connectivity index (χ2n) is 10.0. The Morgan fingerprint density at radius 2 is 1.49 bits per heavy atom. The summed E-state index contributed by atoms with van der Waals surface area (Å²) in [7, 11) is 0. The molecule has 0 heterocycles. The number of hydrogen-bond donors (Lipinski definition) is 3. The average Bonchev–Trinajstić information content (AvgIpc) is 2.97. The number of ether oxygens (including phenoxy) is 1. The van der Waals surface area contributed by atoms with E-state index < -0.39 is 24.0 Å².